The molecule has 20 heavy (non-hydrogen) atoms. The minimum absolute atomic E-state index is 0.242. The van der Waals surface area contributed by atoms with Crippen LogP contribution in [0.1, 0.15) is 38.3 Å². The summed E-state index contributed by atoms with van der Waals surface area (Å²) in [6.45, 7) is 6.02. The number of anilines is 1. The van der Waals surface area contributed by atoms with Gasteiger partial charge in [0.05, 0.1) is 17.9 Å². The fraction of sp³-hybridized carbons (Fsp3) is 0.600. The zero-order valence-corrected chi connectivity index (χ0v) is 12.0. The molecule has 0 bridgehead atoms. The van der Waals surface area contributed by atoms with Crippen LogP contribution >= 0.6 is 0 Å². The number of aromatic nitrogens is 3. The molecule has 3 heterocycles. The van der Waals surface area contributed by atoms with Crippen LogP contribution in [-0.4, -0.2) is 39.9 Å². The minimum Gasteiger partial charge on any atom is -0.372 e. The number of hydrogen-bond donors (Lipinski definition) is 0. The van der Waals surface area contributed by atoms with Crippen molar-refractivity contribution in [2.45, 2.75) is 44.8 Å². The van der Waals surface area contributed by atoms with Gasteiger partial charge in [0.2, 0.25) is 0 Å². The van der Waals surface area contributed by atoms with Crippen LogP contribution in [0.15, 0.2) is 18.5 Å². The first-order valence-electron chi connectivity index (χ1n) is 7.45. The van der Waals surface area contributed by atoms with E-state index in [-0.39, 0.29) is 12.2 Å². The summed E-state index contributed by atoms with van der Waals surface area (Å²) in [5.41, 5.74) is 2.34. The van der Waals surface area contributed by atoms with Crippen LogP contribution < -0.4 is 4.90 Å². The van der Waals surface area contributed by atoms with Gasteiger partial charge in [-0.25, -0.2) is 9.50 Å². The highest BCUT2D eigenvalue weighted by molar-refractivity contribution is 5.69. The Kier molecular flexibility index (Phi) is 2.70. The molecule has 0 spiro atoms. The average molecular weight is 272 g/mol. The normalized spacial score (nSPS) is 27.2. The molecular weight excluding hydrogens is 252 g/mol. The molecule has 0 radical (unpaired) electrons. The fourth-order valence-corrected chi connectivity index (χ4v) is 3.10. The number of rotatable bonds is 2. The molecule has 0 aromatic carbocycles. The van der Waals surface area contributed by atoms with Crippen LogP contribution in [0.2, 0.25) is 0 Å². The van der Waals surface area contributed by atoms with E-state index in [0.29, 0.717) is 5.92 Å². The van der Waals surface area contributed by atoms with Crippen LogP contribution in [0.5, 0.6) is 0 Å². The van der Waals surface area contributed by atoms with Gasteiger partial charge >= 0.3 is 0 Å². The molecule has 2 aliphatic rings. The zero-order chi connectivity index (χ0) is 13.7. The first-order valence-corrected chi connectivity index (χ1v) is 7.45. The van der Waals surface area contributed by atoms with Crippen molar-refractivity contribution in [3.05, 3.63) is 24.2 Å². The molecule has 2 aromatic rings. The molecule has 1 aliphatic heterocycles. The zero-order valence-electron chi connectivity index (χ0n) is 12.0. The van der Waals surface area contributed by atoms with E-state index in [0.717, 1.165) is 24.4 Å². The Labute approximate surface area is 118 Å². The first-order chi connectivity index (χ1) is 9.70. The SMILES string of the molecule is CC1CN(c2nccn3nc(C4CC4)cc23)CC(C)O1. The maximum absolute atomic E-state index is 5.81. The Morgan fingerprint density at radius 2 is 1.95 bits per heavy atom. The summed E-state index contributed by atoms with van der Waals surface area (Å²) >= 11 is 0. The van der Waals surface area contributed by atoms with Crippen molar-refractivity contribution < 1.29 is 4.74 Å². The molecule has 2 unspecified atom stereocenters. The van der Waals surface area contributed by atoms with E-state index in [4.69, 9.17) is 4.74 Å². The number of morpholine rings is 1. The van der Waals surface area contributed by atoms with Gasteiger partial charge in [0, 0.05) is 31.4 Å². The fourth-order valence-electron chi connectivity index (χ4n) is 3.10. The van der Waals surface area contributed by atoms with Crippen LogP contribution in [0.25, 0.3) is 5.52 Å². The molecule has 1 saturated heterocycles. The number of fused-ring (bicyclic) bond motifs is 1. The van der Waals surface area contributed by atoms with Gasteiger partial charge in [-0.15, -0.1) is 0 Å². The highest BCUT2D eigenvalue weighted by Crippen LogP contribution is 2.40. The van der Waals surface area contributed by atoms with Gasteiger partial charge in [0.15, 0.2) is 5.82 Å². The molecule has 5 heteroatoms. The third-order valence-electron chi connectivity index (χ3n) is 4.10. The van der Waals surface area contributed by atoms with Crippen LogP contribution in [-0.2, 0) is 4.74 Å². The van der Waals surface area contributed by atoms with Gasteiger partial charge in [-0.1, -0.05) is 0 Å². The Morgan fingerprint density at radius 3 is 2.65 bits per heavy atom. The lowest BCUT2D eigenvalue weighted by molar-refractivity contribution is -0.00538. The molecule has 1 saturated carbocycles. The molecule has 2 atom stereocenters. The van der Waals surface area contributed by atoms with Gasteiger partial charge in [-0.3, -0.25) is 0 Å². The predicted octanol–water partition coefficient (Wildman–Crippen LogP) is 2.22. The maximum atomic E-state index is 5.81. The van der Waals surface area contributed by atoms with Crippen molar-refractivity contribution >= 4 is 11.3 Å². The van der Waals surface area contributed by atoms with Crippen molar-refractivity contribution in [3.8, 4) is 0 Å². The summed E-state index contributed by atoms with van der Waals surface area (Å²) in [6.07, 6.45) is 6.82. The average Bonchev–Trinajstić information content (AvgIpc) is 3.16. The van der Waals surface area contributed by atoms with Gasteiger partial charge in [0.1, 0.15) is 5.52 Å². The Hall–Kier alpha value is -1.62. The third kappa shape index (κ3) is 2.06. The second-order valence-electron chi connectivity index (χ2n) is 6.09. The second kappa shape index (κ2) is 4.45. The van der Waals surface area contributed by atoms with Crippen LogP contribution in [0.3, 0.4) is 0 Å². The van der Waals surface area contributed by atoms with Crippen molar-refractivity contribution in [2.24, 2.45) is 0 Å². The molecule has 2 aromatic heterocycles. The number of ether oxygens (including phenoxy) is 1. The summed E-state index contributed by atoms with van der Waals surface area (Å²) in [5, 5.41) is 4.69. The smallest absolute Gasteiger partial charge is 0.154 e. The molecule has 0 amide bonds. The molecule has 2 fully saturated rings. The van der Waals surface area contributed by atoms with Crippen molar-refractivity contribution in [1.29, 1.82) is 0 Å². The topological polar surface area (TPSA) is 42.7 Å². The van der Waals surface area contributed by atoms with Gasteiger partial charge in [-0.2, -0.15) is 5.10 Å². The summed E-state index contributed by atoms with van der Waals surface area (Å²) in [5.74, 6) is 1.71. The van der Waals surface area contributed by atoms with Crippen LogP contribution in [0.4, 0.5) is 5.82 Å². The van der Waals surface area contributed by atoms with E-state index in [1.165, 1.54) is 18.5 Å². The van der Waals surface area contributed by atoms with E-state index in [1.807, 2.05) is 16.9 Å². The van der Waals surface area contributed by atoms with Crippen molar-refractivity contribution in [1.82, 2.24) is 14.6 Å². The minimum atomic E-state index is 0.242. The van der Waals surface area contributed by atoms with E-state index in [9.17, 15) is 0 Å². The van der Waals surface area contributed by atoms with E-state index in [1.54, 1.807) is 0 Å². The maximum Gasteiger partial charge on any atom is 0.154 e. The largest absolute Gasteiger partial charge is 0.372 e. The second-order valence-corrected chi connectivity index (χ2v) is 6.09. The lowest BCUT2D eigenvalue weighted by Gasteiger charge is -2.36. The monoisotopic (exact) mass is 272 g/mol. The van der Waals surface area contributed by atoms with E-state index < -0.39 is 0 Å². The Bertz CT molecular complexity index is 624. The summed E-state index contributed by atoms with van der Waals surface area (Å²) in [7, 11) is 0. The first kappa shape index (κ1) is 12.1. The third-order valence-corrected chi connectivity index (χ3v) is 4.10. The highest BCUT2D eigenvalue weighted by atomic mass is 16.5. The Morgan fingerprint density at radius 1 is 1.20 bits per heavy atom. The summed E-state index contributed by atoms with van der Waals surface area (Å²) < 4.78 is 7.78. The number of hydrogen-bond acceptors (Lipinski definition) is 4. The highest BCUT2D eigenvalue weighted by Gasteiger charge is 2.28. The molecule has 4 rings (SSSR count). The summed E-state index contributed by atoms with van der Waals surface area (Å²) in [4.78, 5) is 6.93. The van der Waals surface area contributed by atoms with Gasteiger partial charge in [-0.05, 0) is 32.8 Å². The lowest BCUT2D eigenvalue weighted by atomic mass is 10.2. The lowest BCUT2D eigenvalue weighted by Crippen LogP contribution is -2.46. The molecule has 0 N–H and O–H groups in total. The van der Waals surface area contributed by atoms with Crippen LogP contribution in [0, 0.1) is 0 Å². The Balaban J connectivity index is 1.74. The molecule has 5 nitrogen and oxygen atoms in total. The summed E-state index contributed by atoms with van der Waals surface area (Å²) in [6, 6.07) is 2.21. The van der Waals surface area contributed by atoms with E-state index >= 15 is 0 Å². The standard InChI is InChI=1S/C15H20N4O/c1-10-8-18(9-11(2)20-10)15-14-7-13(12-3-4-12)17-19(14)6-5-16-15/h5-7,10-12H,3-4,8-9H2,1-2H3. The van der Waals surface area contributed by atoms with Crippen molar-refractivity contribution in [3.63, 3.8) is 0 Å². The quantitative estimate of drug-likeness (QED) is 0.840. The van der Waals surface area contributed by atoms with Gasteiger partial charge < -0.3 is 9.64 Å². The molecule has 106 valence electrons. The van der Waals surface area contributed by atoms with E-state index in [2.05, 4.69) is 34.9 Å². The molecular formula is C15H20N4O. The number of nitrogens with zero attached hydrogens (tertiary/aromatic N) is 4. The van der Waals surface area contributed by atoms with Crippen molar-refractivity contribution in [2.75, 3.05) is 18.0 Å². The van der Waals surface area contributed by atoms with Gasteiger partial charge in [0.25, 0.3) is 0 Å². The molecule has 1 aliphatic carbocycles. The predicted molar refractivity (Wildman–Crippen MR) is 77.2 cm³/mol.